The molecule has 0 spiro atoms. The Morgan fingerprint density at radius 3 is 1.86 bits per heavy atom. The highest BCUT2D eigenvalue weighted by molar-refractivity contribution is 5.18. The first kappa shape index (κ1) is 13.4. The Morgan fingerprint density at radius 2 is 1.64 bits per heavy atom. The average molecular weight is 200 g/mol. The van der Waals surface area contributed by atoms with Gasteiger partial charge in [0.2, 0.25) is 0 Å². The fourth-order valence-electron chi connectivity index (χ4n) is 1.06. The molecule has 0 aliphatic heterocycles. The van der Waals surface area contributed by atoms with Gasteiger partial charge in [-0.3, -0.25) is 0 Å². The Balaban J connectivity index is 5.14. The zero-order valence-corrected chi connectivity index (χ0v) is 9.50. The lowest BCUT2D eigenvalue weighted by molar-refractivity contribution is 0.0855. The molecule has 0 aromatic heterocycles. The van der Waals surface area contributed by atoms with Crippen molar-refractivity contribution in [1.29, 1.82) is 0 Å². The van der Waals surface area contributed by atoms with Crippen molar-refractivity contribution in [2.24, 2.45) is 0 Å². The van der Waals surface area contributed by atoms with E-state index in [1.54, 1.807) is 34.6 Å². The van der Waals surface area contributed by atoms with Crippen LogP contribution in [0.25, 0.3) is 0 Å². The van der Waals surface area contributed by atoms with E-state index in [0.717, 1.165) is 0 Å². The van der Waals surface area contributed by atoms with Gasteiger partial charge in [-0.15, -0.1) is 5.73 Å². The minimum atomic E-state index is -1.13. The van der Waals surface area contributed by atoms with E-state index in [-0.39, 0.29) is 0 Å². The topological polar surface area (TPSA) is 60.7 Å². The molecule has 0 rings (SSSR count). The standard InChI is InChI=1S/C11H20O3/c1-8(12)9(11(4,5)14)6-7-10(2,3)13/h7-8,12-14H,1-5H3/t6?,8-/m1/s1. The van der Waals surface area contributed by atoms with Crippen LogP contribution in [0.2, 0.25) is 0 Å². The summed E-state index contributed by atoms with van der Waals surface area (Å²) in [5.41, 5.74) is 0.978. The number of hydrogen-bond donors (Lipinski definition) is 3. The monoisotopic (exact) mass is 200 g/mol. The van der Waals surface area contributed by atoms with Crippen LogP contribution in [0.4, 0.5) is 0 Å². The maximum atomic E-state index is 9.68. The molecule has 0 radical (unpaired) electrons. The number of aliphatic hydroxyl groups excluding tert-OH is 1. The molecule has 0 fully saturated rings. The smallest absolute Gasteiger partial charge is 0.0899 e. The summed E-state index contributed by atoms with van der Waals surface area (Å²) in [7, 11) is 0. The molecule has 3 N–H and O–H groups in total. The molecule has 0 aliphatic carbocycles. The third-order valence-corrected chi connectivity index (χ3v) is 1.66. The van der Waals surface area contributed by atoms with E-state index in [2.05, 4.69) is 5.73 Å². The fraction of sp³-hybridized carbons (Fsp3) is 0.727. The summed E-state index contributed by atoms with van der Waals surface area (Å²) < 4.78 is 0. The van der Waals surface area contributed by atoms with Crippen molar-refractivity contribution in [1.82, 2.24) is 0 Å². The molecule has 3 nitrogen and oxygen atoms in total. The lowest BCUT2D eigenvalue weighted by Gasteiger charge is -2.22. The molecule has 0 aromatic rings. The number of hydrogen-bond acceptors (Lipinski definition) is 3. The molecule has 0 saturated heterocycles. The maximum Gasteiger partial charge on any atom is 0.0899 e. The van der Waals surface area contributed by atoms with Gasteiger partial charge in [0.1, 0.15) is 0 Å². The van der Waals surface area contributed by atoms with E-state index >= 15 is 0 Å². The van der Waals surface area contributed by atoms with Gasteiger partial charge in [-0.05, 0) is 40.7 Å². The van der Waals surface area contributed by atoms with Crippen molar-refractivity contribution in [3.8, 4) is 0 Å². The first-order valence-corrected chi connectivity index (χ1v) is 4.65. The summed E-state index contributed by atoms with van der Waals surface area (Å²) in [6.45, 7) is 7.90. The minimum Gasteiger partial charge on any atom is -0.388 e. The normalized spacial score (nSPS) is 14.6. The van der Waals surface area contributed by atoms with Gasteiger partial charge in [0.15, 0.2) is 0 Å². The molecule has 0 heterocycles. The van der Waals surface area contributed by atoms with Crippen molar-refractivity contribution in [2.45, 2.75) is 51.9 Å². The summed E-state index contributed by atoms with van der Waals surface area (Å²) in [6, 6.07) is 0. The molecule has 0 saturated carbocycles. The number of rotatable bonds is 3. The van der Waals surface area contributed by atoms with Gasteiger partial charge in [-0.2, -0.15) is 0 Å². The molecule has 0 aromatic carbocycles. The van der Waals surface area contributed by atoms with Crippen molar-refractivity contribution >= 4 is 0 Å². The van der Waals surface area contributed by atoms with Crippen LogP contribution in [0.15, 0.2) is 17.4 Å². The molecule has 0 bridgehead atoms. The summed E-state index contributed by atoms with van der Waals surface area (Å²) >= 11 is 0. The quantitative estimate of drug-likeness (QED) is 0.595. The highest BCUT2D eigenvalue weighted by atomic mass is 16.3. The zero-order valence-electron chi connectivity index (χ0n) is 9.50. The van der Waals surface area contributed by atoms with Crippen LogP contribution >= 0.6 is 0 Å². The SMILES string of the molecule is C[C@@H](O)C(=C=CC(C)(C)O)C(C)(C)O. The molecular formula is C11H20O3. The van der Waals surface area contributed by atoms with Gasteiger partial charge < -0.3 is 15.3 Å². The second kappa shape index (κ2) is 4.28. The van der Waals surface area contributed by atoms with Crippen LogP contribution < -0.4 is 0 Å². The largest absolute Gasteiger partial charge is 0.388 e. The second-order valence-electron chi connectivity index (χ2n) is 4.59. The predicted molar refractivity (Wildman–Crippen MR) is 55.9 cm³/mol. The third kappa shape index (κ3) is 5.20. The Hall–Kier alpha value is -0.600. The lowest BCUT2D eigenvalue weighted by Crippen LogP contribution is -2.28. The van der Waals surface area contributed by atoms with Crippen LogP contribution in [0, 0.1) is 0 Å². The van der Waals surface area contributed by atoms with E-state index in [1.807, 2.05) is 0 Å². The van der Waals surface area contributed by atoms with Gasteiger partial charge in [0, 0.05) is 5.57 Å². The Kier molecular flexibility index (Phi) is 4.10. The molecule has 1 atom stereocenters. The molecule has 0 unspecified atom stereocenters. The van der Waals surface area contributed by atoms with Crippen LogP contribution in [0.5, 0.6) is 0 Å². The molecule has 0 aliphatic rings. The Bertz CT molecular complexity index is 245. The summed E-state index contributed by atoms with van der Waals surface area (Å²) in [5, 5.41) is 28.5. The van der Waals surface area contributed by atoms with Crippen molar-refractivity contribution in [3.05, 3.63) is 17.4 Å². The van der Waals surface area contributed by atoms with E-state index in [4.69, 9.17) is 0 Å². The average Bonchev–Trinajstić information content (AvgIpc) is 1.79. The van der Waals surface area contributed by atoms with Crippen LogP contribution in [0.3, 0.4) is 0 Å². The van der Waals surface area contributed by atoms with E-state index in [1.165, 1.54) is 6.08 Å². The first-order chi connectivity index (χ1) is 6.04. The highest BCUT2D eigenvalue weighted by Crippen LogP contribution is 2.18. The van der Waals surface area contributed by atoms with E-state index in [9.17, 15) is 15.3 Å². The van der Waals surface area contributed by atoms with Gasteiger partial charge >= 0.3 is 0 Å². The van der Waals surface area contributed by atoms with Gasteiger partial charge in [-0.25, -0.2) is 0 Å². The Morgan fingerprint density at radius 1 is 1.21 bits per heavy atom. The van der Waals surface area contributed by atoms with Crippen molar-refractivity contribution in [3.63, 3.8) is 0 Å². The third-order valence-electron chi connectivity index (χ3n) is 1.66. The lowest BCUT2D eigenvalue weighted by atomic mass is 9.94. The second-order valence-corrected chi connectivity index (χ2v) is 4.59. The molecule has 14 heavy (non-hydrogen) atoms. The van der Waals surface area contributed by atoms with Crippen molar-refractivity contribution in [2.75, 3.05) is 0 Å². The minimum absolute atomic E-state index is 0.361. The van der Waals surface area contributed by atoms with Crippen molar-refractivity contribution < 1.29 is 15.3 Å². The van der Waals surface area contributed by atoms with Crippen LogP contribution in [-0.4, -0.2) is 32.6 Å². The Labute approximate surface area is 85.4 Å². The molecular weight excluding hydrogens is 180 g/mol. The molecule has 3 heteroatoms. The zero-order chi connectivity index (χ0) is 11.6. The summed E-state index contributed by atoms with van der Waals surface area (Å²) in [4.78, 5) is 0. The molecule has 82 valence electrons. The van der Waals surface area contributed by atoms with Crippen LogP contribution in [-0.2, 0) is 0 Å². The summed E-state index contributed by atoms with van der Waals surface area (Å²) in [5.74, 6) is 0. The fourth-order valence-corrected chi connectivity index (χ4v) is 1.06. The molecule has 0 amide bonds. The van der Waals surface area contributed by atoms with Crippen LogP contribution in [0.1, 0.15) is 34.6 Å². The summed E-state index contributed by atoms with van der Waals surface area (Å²) in [6.07, 6.45) is 0.640. The van der Waals surface area contributed by atoms with E-state index in [0.29, 0.717) is 5.57 Å². The highest BCUT2D eigenvalue weighted by Gasteiger charge is 2.23. The number of aliphatic hydroxyl groups is 3. The van der Waals surface area contributed by atoms with E-state index < -0.39 is 17.3 Å². The van der Waals surface area contributed by atoms with Gasteiger partial charge in [-0.1, -0.05) is 0 Å². The van der Waals surface area contributed by atoms with Gasteiger partial charge in [0.05, 0.1) is 17.3 Å². The first-order valence-electron chi connectivity index (χ1n) is 4.65. The predicted octanol–water partition coefficient (Wildman–Crippen LogP) is 0.990. The maximum absolute atomic E-state index is 9.68. The van der Waals surface area contributed by atoms with Gasteiger partial charge in [0.25, 0.3) is 0 Å².